The van der Waals surface area contributed by atoms with Crippen LogP contribution in [0.4, 0.5) is 0 Å². The lowest BCUT2D eigenvalue weighted by molar-refractivity contribution is -0.147. The second-order valence-corrected chi connectivity index (χ2v) is 5.16. The SMILES string of the molecule is CCOc1ccccc1CNCCC(C)(C)C(=O)O. The van der Waals surface area contributed by atoms with Gasteiger partial charge >= 0.3 is 5.97 Å². The fourth-order valence-corrected chi connectivity index (χ4v) is 1.68. The molecule has 1 aromatic carbocycles. The number of carboxylic acids is 1. The van der Waals surface area contributed by atoms with Crippen LogP contribution < -0.4 is 10.1 Å². The number of rotatable bonds is 8. The number of carbonyl (C=O) groups is 1. The molecule has 0 amide bonds. The Morgan fingerprint density at radius 1 is 1.37 bits per heavy atom. The van der Waals surface area contributed by atoms with E-state index < -0.39 is 11.4 Å². The van der Waals surface area contributed by atoms with E-state index in [4.69, 9.17) is 9.84 Å². The molecular weight excluding hydrogens is 242 g/mol. The number of hydrogen-bond donors (Lipinski definition) is 2. The van der Waals surface area contributed by atoms with E-state index >= 15 is 0 Å². The van der Waals surface area contributed by atoms with Gasteiger partial charge in [-0.3, -0.25) is 4.79 Å². The van der Waals surface area contributed by atoms with Gasteiger partial charge in [-0.2, -0.15) is 0 Å². The zero-order chi connectivity index (χ0) is 14.3. The van der Waals surface area contributed by atoms with Crippen LogP contribution in [-0.2, 0) is 11.3 Å². The summed E-state index contributed by atoms with van der Waals surface area (Å²) in [6.07, 6.45) is 0.596. The Labute approximate surface area is 114 Å². The van der Waals surface area contributed by atoms with Gasteiger partial charge in [0.05, 0.1) is 12.0 Å². The summed E-state index contributed by atoms with van der Waals surface area (Å²) >= 11 is 0. The Hall–Kier alpha value is -1.55. The first-order valence-corrected chi connectivity index (χ1v) is 6.62. The number of nitrogens with one attached hydrogen (secondary N) is 1. The molecule has 0 aliphatic rings. The van der Waals surface area contributed by atoms with Gasteiger partial charge in [0.15, 0.2) is 0 Å². The van der Waals surface area contributed by atoms with Crippen LogP contribution in [0.5, 0.6) is 5.75 Å². The predicted octanol–water partition coefficient (Wildman–Crippen LogP) is 2.68. The predicted molar refractivity (Wildman–Crippen MR) is 75.4 cm³/mol. The van der Waals surface area contributed by atoms with Crippen LogP contribution in [0.25, 0.3) is 0 Å². The zero-order valence-corrected chi connectivity index (χ0v) is 11.9. The first kappa shape index (κ1) is 15.5. The molecule has 0 heterocycles. The fraction of sp³-hybridized carbons (Fsp3) is 0.533. The third kappa shape index (κ3) is 4.91. The van der Waals surface area contributed by atoms with Crippen LogP contribution in [0.2, 0.25) is 0 Å². The van der Waals surface area contributed by atoms with Crippen LogP contribution in [0.1, 0.15) is 32.8 Å². The Morgan fingerprint density at radius 3 is 2.68 bits per heavy atom. The second kappa shape index (κ2) is 7.14. The van der Waals surface area contributed by atoms with Gasteiger partial charge in [0.25, 0.3) is 0 Å². The lowest BCUT2D eigenvalue weighted by atomic mass is 9.90. The minimum atomic E-state index is -0.760. The van der Waals surface area contributed by atoms with Crippen LogP contribution in [0.3, 0.4) is 0 Å². The molecule has 0 saturated heterocycles. The van der Waals surface area contributed by atoms with Crippen LogP contribution in [0.15, 0.2) is 24.3 Å². The molecule has 1 aromatic rings. The first-order valence-electron chi connectivity index (χ1n) is 6.62. The summed E-state index contributed by atoms with van der Waals surface area (Å²) in [4.78, 5) is 11.0. The minimum absolute atomic E-state index is 0.596. The number of benzene rings is 1. The standard InChI is InChI=1S/C15H23NO3/c1-4-19-13-8-6-5-7-12(13)11-16-10-9-15(2,3)14(17)18/h5-8,16H,4,9-11H2,1-3H3,(H,17,18). The van der Waals surface area contributed by atoms with Crippen LogP contribution >= 0.6 is 0 Å². The highest BCUT2D eigenvalue weighted by Gasteiger charge is 2.26. The van der Waals surface area contributed by atoms with E-state index in [0.717, 1.165) is 11.3 Å². The monoisotopic (exact) mass is 265 g/mol. The van der Waals surface area contributed by atoms with Crippen LogP contribution in [0, 0.1) is 5.41 Å². The van der Waals surface area contributed by atoms with E-state index in [1.807, 2.05) is 31.2 Å². The lowest BCUT2D eigenvalue weighted by Crippen LogP contribution is -2.28. The number of ether oxygens (including phenoxy) is 1. The third-order valence-corrected chi connectivity index (χ3v) is 3.09. The number of aliphatic carboxylic acids is 1. The van der Waals surface area contributed by atoms with E-state index in [1.165, 1.54) is 0 Å². The molecule has 4 heteroatoms. The number of hydrogen-bond acceptors (Lipinski definition) is 3. The molecule has 0 spiro atoms. The van der Waals surface area contributed by atoms with Crippen molar-refractivity contribution in [3.63, 3.8) is 0 Å². The van der Waals surface area contributed by atoms with Crippen molar-refractivity contribution in [2.45, 2.75) is 33.7 Å². The van der Waals surface area contributed by atoms with Gasteiger partial charge in [-0.15, -0.1) is 0 Å². The van der Waals surface area contributed by atoms with Gasteiger partial charge < -0.3 is 15.2 Å². The molecule has 1 rings (SSSR count). The van der Waals surface area contributed by atoms with Crippen LogP contribution in [-0.4, -0.2) is 24.2 Å². The summed E-state index contributed by atoms with van der Waals surface area (Å²) in [5.41, 5.74) is 0.407. The summed E-state index contributed by atoms with van der Waals surface area (Å²) in [5, 5.41) is 12.3. The molecule has 19 heavy (non-hydrogen) atoms. The summed E-state index contributed by atoms with van der Waals surface area (Å²) in [6, 6.07) is 7.88. The van der Waals surface area contributed by atoms with Crippen molar-refractivity contribution in [1.82, 2.24) is 5.32 Å². The van der Waals surface area contributed by atoms with Crippen molar-refractivity contribution < 1.29 is 14.6 Å². The zero-order valence-electron chi connectivity index (χ0n) is 11.9. The summed E-state index contributed by atoms with van der Waals surface area (Å²) in [5.74, 6) is 0.124. The van der Waals surface area contributed by atoms with Crippen molar-refractivity contribution in [3.8, 4) is 5.75 Å². The normalized spacial score (nSPS) is 11.3. The molecule has 106 valence electrons. The molecule has 0 aliphatic carbocycles. The summed E-state index contributed by atoms with van der Waals surface area (Å²) in [7, 11) is 0. The van der Waals surface area contributed by atoms with E-state index in [-0.39, 0.29) is 0 Å². The highest BCUT2D eigenvalue weighted by Crippen LogP contribution is 2.20. The van der Waals surface area contributed by atoms with Gasteiger partial charge in [0, 0.05) is 12.1 Å². The molecule has 0 atom stereocenters. The molecule has 0 unspecified atom stereocenters. The van der Waals surface area contributed by atoms with E-state index in [9.17, 15) is 4.79 Å². The molecule has 0 aromatic heterocycles. The quantitative estimate of drug-likeness (QED) is 0.709. The number of para-hydroxylation sites is 1. The third-order valence-electron chi connectivity index (χ3n) is 3.09. The van der Waals surface area contributed by atoms with E-state index in [1.54, 1.807) is 13.8 Å². The Bertz CT molecular complexity index is 416. The van der Waals surface area contributed by atoms with Gasteiger partial charge in [0.1, 0.15) is 5.75 Å². The smallest absolute Gasteiger partial charge is 0.309 e. The van der Waals surface area contributed by atoms with Crippen molar-refractivity contribution in [2.24, 2.45) is 5.41 Å². The molecule has 0 saturated carbocycles. The van der Waals surface area contributed by atoms with Crippen molar-refractivity contribution in [2.75, 3.05) is 13.2 Å². The van der Waals surface area contributed by atoms with Gasteiger partial charge in [-0.05, 0) is 39.8 Å². The first-order chi connectivity index (χ1) is 8.97. The van der Waals surface area contributed by atoms with Gasteiger partial charge in [0.2, 0.25) is 0 Å². The van der Waals surface area contributed by atoms with Gasteiger partial charge in [-0.25, -0.2) is 0 Å². The lowest BCUT2D eigenvalue weighted by Gasteiger charge is -2.19. The Morgan fingerprint density at radius 2 is 2.05 bits per heavy atom. The van der Waals surface area contributed by atoms with Gasteiger partial charge in [-0.1, -0.05) is 18.2 Å². The minimum Gasteiger partial charge on any atom is -0.494 e. The number of carboxylic acid groups (broad SMARTS) is 1. The molecule has 0 bridgehead atoms. The average Bonchev–Trinajstić information content (AvgIpc) is 2.36. The fourth-order valence-electron chi connectivity index (χ4n) is 1.68. The van der Waals surface area contributed by atoms with Crippen molar-refractivity contribution in [1.29, 1.82) is 0 Å². The highest BCUT2D eigenvalue weighted by atomic mass is 16.5. The molecule has 0 fully saturated rings. The maximum Gasteiger partial charge on any atom is 0.309 e. The van der Waals surface area contributed by atoms with Crippen molar-refractivity contribution >= 4 is 5.97 Å². The summed E-state index contributed by atoms with van der Waals surface area (Å²) in [6.45, 7) is 7.44. The molecular formula is C15H23NO3. The van der Waals surface area contributed by atoms with E-state index in [0.29, 0.717) is 26.1 Å². The topological polar surface area (TPSA) is 58.6 Å². The summed E-state index contributed by atoms with van der Waals surface area (Å²) < 4.78 is 5.54. The maximum atomic E-state index is 11.0. The Balaban J connectivity index is 2.43. The second-order valence-electron chi connectivity index (χ2n) is 5.16. The maximum absolute atomic E-state index is 11.0. The molecule has 2 N–H and O–H groups in total. The molecule has 0 radical (unpaired) electrons. The highest BCUT2D eigenvalue weighted by molar-refractivity contribution is 5.73. The molecule has 0 aliphatic heterocycles. The Kier molecular flexibility index (Phi) is 5.83. The molecule has 4 nitrogen and oxygen atoms in total. The largest absolute Gasteiger partial charge is 0.494 e. The van der Waals surface area contributed by atoms with Crippen molar-refractivity contribution in [3.05, 3.63) is 29.8 Å². The average molecular weight is 265 g/mol. The van der Waals surface area contributed by atoms with E-state index in [2.05, 4.69) is 5.32 Å².